The Morgan fingerprint density at radius 1 is 1.17 bits per heavy atom. The molecule has 0 atom stereocenters. The van der Waals surface area contributed by atoms with E-state index in [0.717, 1.165) is 12.6 Å². The maximum atomic E-state index is 3.58. The smallest absolute Gasteiger partial charge is 0.0395 e. The quantitative estimate of drug-likeness (QED) is 0.876. The predicted octanol–water partition coefficient (Wildman–Crippen LogP) is 3.35. The van der Waals surface area contributed by atoms with Gasteiger partial charge in [0.2, 0.25) is 0 Å². The summed E-state index contributed by atoms with van der Waals surface area (Å²) in [6, 6.07) is 10.2. The molecule has 100 valence electrons. The van der Waals surface area contributed by atoms with Crippen molar-refractivity contribution in [2.24, 2.45) is 0 Å². The number of nitrogens with one attached hydrogen (secondary N) is 1. The van der Waals surface area contributed by atoms with E-state index in [2.05, 4.69) is 55.4 Å². The molecule has 2 nitrogen and oxygen atoms in total. The lowest BCUT2D eigenvalue weighted by molar-refractivity contribution is 0.341. The SMILES string of the molecule is CCNC1CCC(N(C)c2ccccc2C)CC1. The lowest BCUT2D eigenvalue weighted by atomic mass is 9.90. The summed E-state index contributed by atoms with van der Waals surface area (Å²) in [7, 11) is 2.25. The zero-order valence-corrected chi connectivity index (χ0v) is 11.9. The summed E-state index contributed by atoms with van der Waals surface area (Å²) in [6.07, 6.45) is 5.24. The highest BCUT2D eigenvalue weighted by Gasteiger charge is 2.24. The molecule has 0 radical (unpaired) electrons. The van der Waals surface area contributed by atoms with Gasteiger partial charge < -0.3 is 10.2 Å². The van der Waals surface area contributed by atoms with Crippen molar-refractivity contribution in [2.45, 2.75) is 51.6 Å². The molecule has 0 heterocycles. The molecule has 2 rings (SSSR count). The third kappa shape index (κ3) is 3.05. The van der Waals surface area contributed by atoms with Gasteiger partial charge in [0.15, 0.2) is 0 Å². The molecule has 0 spiro atoms. The molecule has 0 unspecified atom stereocenters. The molecule has 1 aromatic rings. The van der Waals surface area contributed by atoms with Crippen LogP contribution in [0.4, 0.5) is 5.69 Å². The molecule has 1 N–H and O–H groups in total. The van der Waals surface area contributed by atoms with Gasteiger partial charge in [-0.2, -0.15) is 0 Å². The molecule has 18 heavy (non-hydrogen) atoms. The molecular formula is C16H26N2. The van der Waals surface area contributed by atoms with E-state index in [-0.39, 0.29) is 0 Å². The summed E-state index contributed by atoms with van der Waals surface area (Å²) < 4.78 is 0. The number of nitrogens with zero attached hydrogens (tertiary/aromatic N) is 1. The molecule has 1 fully saturated rings. The Kier molecular flexibility index (Phi) is 4.65. The number of aryl methyl sites for hydroxylation is 1. The Balaban J connectivity index is 1.95. The van der Waals surface area contributed by atoms with E-state index in [1.165, 1.54) is 36.9 Å². The van der Waals surface area contributed by atoms with Crippen molar-refractivity contribution in [3.8, 4) is 0 Å². The van der Waals surface area contributed by atoms with Crippen LogP contribution < -0.4 is 10.2 Å². The lowest BCUT2D eigenvalue weighted by Crippen LogP contribution is -2.41. The average Bonchev–Trinajstić information content (AvgIpc) is 2.40. The van der Waals surface area contributed by atoms with Crippen LogP contribution in [0.3, 0.4) is 0 Å². The normalized spacial score (nSPS) is 23.9. The first-order valence-corrected chi connectivity index (χ1v) is 7.24. The van der Waals surface area contributed by atoms with E-state index < -0.39 is 0 Å². The molecule has 0 bridgehead atoms. The summed E-state index contributed by atoms with van der Waals surface area (Å²) in [4.78, 5) is 2.48. The predicted molar refractivity (Wildman–Crippen MR) is 79.3 cm³/mol. The van der Waals surface area contributed by atoms with Crippen molar-refractivity contribution in [1.29, 1.82) is 0 Å². The fourth-order valence-electron chi connectivity index (χ4n) is 3.11. The van der Waals surface area contributed by atoms with Crippen LogP contribution in [0.15, 0.2) is 24.3 Å². The Bertz CT molecular complexity index is 367. The Morgan fingerprint density at radius 3 is 2.44 bits per heavy atom. The van der Waals surface area contributed by atoms with Crippen LogP contribution >= 0.6 is 0 Å². The Morgan fingerprint density at radius 2 is 1.83 bits per heavy atom. The minimum absolute atomic E-state index is 0.709. The summed E-state index contributed by atoms with van der Waals surface area (Å²) in [6.45, 7) is 5.50. The highest BCUT2D eigenvalue weighted by Crippen LogP contribution is 2.28. The average molecular weight is 246 g/mol. The van der Waals surface area contributed by atoms with Gasteiger partial charge in [0, 0.05) is 24.8 Å². The minimum atomic E-state index is 0.709. The van der Waals surface area contributed by atoms with E-state index >= 15 is 0 Å². The van der Waals surface area contributed by atoms with Gasteiger partial charge in [-0.15, -0.1) is 0 Å². The van der Waals surface area contributed by atoms with Gasteiger partial charge >= 0.3 is 0 Å². The van der Waals surface area contributed by atoms with Gasteiger partial charge in [0.05, 0.1) is 0 Å². The third-order valence-corrected chi connectivity index (χ3v) is 4.23. The maximum Gasteiger partial charge on any atom is 0.0395 e. The van der Waals surface area contributed by atoms with E-state index in [4.69, 9.17) is 0 Å². The van der Waals surface area contributed by atoms with Gasteiger partial charge in [-0.05, 0) is 50.8 Å². The summed E-state index contributed by atoms with van der Waals surface area (Å²) in [5.41, 5.74) is 2.78. The fourth-order valence-corrected chi connectivity index (χ4v) is 3.11. The monoisotopic (exact) mass is 246 g/mol. The number of rotatable bonds is 4. The molecule has 1 aliphatic rings. The molecule has 0 saturated heterocycles. The molecule has 1 aliphatic carbocycles. The molecule has 1 saturated carbocycles. The second-order valence-electron chi connectivity index (χ2n) is 5.46. The molecular weight excluding hydrogens is 220 g/mol. The van der Waals surface area contributed by atoms with Crippen LogP contribution in [0, 0.1) is 6.92 Å². The number of hydrogen-bond donors (Lipinski definition) is 1. The third-order valence-electron chi connectivity index (χ3n) is 4.23. The van der Waals surface area contributed by atoms with E-state index in [0.29, 0.717) is 6.04 Å². The van der Waals surface area contributed by atoms with Gasteiger partial charge in [-0.1, -0.05) is 25.1 Å². The van der Waals surface area contributed by atoms with Gasteiger partial charge in [-0.3, -0.25) is 0 Å². The first-order chi connectivity index (χ1) is 8.72. The lowest BCUT2D eigenvalue weighted by Gasteiger charge is -2.37. The number of anilines is 1. The second kappa shape index (κ2) is 6.24. The summed E-state index contributed by atoms with van der Waals surface area (Å²) >= 11 is 0. The number of para-hydroxylation sites is 1. The van der Waals surface area contributed by atoms with Gasteiger partial charge in [0.1, 0.15) is 0 Å². The van der Waals surface area contributed by atoms with Crippen LogP contribution in [-0.4, -0.2) is 25.7 Å². The zero-order valence-electron chi connectivity index (χ0n) is 11.9. The molecule has 0 aliphatic heterocycles. The topological polar surface area (TPSA) is 15.3 Å². The molecule has 0 amide bonds. The summed E-state index contributed by atoms with van der Waals surface area (Å²) in [5.74, 6) is 0. The summed E-state index contributed by atoms with van der Waals surface area (Å²) in [5, 5.41) is 3.58. The van der Waals surface area contributed by atoms with Gasteiger partial charge in [-0.25, -0.2) is 0 Å². The molecule has 1 aromatic carbocycles. The first-order valence-electron chi connectivity index (χ1n) is 7.24. The number of hydrogen-bond acceptors (Lipinski definition) is 2. The van der Waals surface area contributed by atoms with Gasteiger partial charge in [0.25, 0.3) is 0 Å². The van der Waals surface area contributed by atoms with E-state index in [1.54, 1.807) is 0 Å². The van der Waals surface area contributed by atoms with Crippen molar-refractivity contribution in [3.63, 3.8) is 0 Å². The largest absolute Gasteiger partial charge is 0.371 e. The highest BCUT2D eigenvalue weighted by molar-refractivity contribution is 5.53. The van der Waals surface area contributed by atoms with E-state index in [1.807, 2.05) is 0 Å². The Labute approximate surface area is 111 Å². The maximum absolute atomic E-state index is 3.58. The first kappa shape index (κ1) is 13.4. The van der Waals surface area contributed by atoms with Crippen LogP contribution in [0.1, 0.15) is 38.2 Å². The highest BCUT2D eigenvalue weighted by atomic mass is 15.1. The van der Waals surface area contributed by atoms with Crippen molar-refractivity contribution in [1.82, 2.24) is 5.32 Å². The van der Waals surface area contributed by atoms with Crippen LogP contribution in [0.5, 0.6) is 0 Å². The van der Waals surface area contributed by atoms with Crippen molar-refractivity contribution in [3.05, 3.63) is 29.8 Å². The van der Waals surface area contributed by atoms with E-state index in [9.17, 15) is 0 Å². The molecule has 0 aromatic heterocycles. The standard InChI is InChI=1S/C16H26N2/c1-4-17-14-9-11-15(12-10-14)18(3)16-8-6-5-7-13(16)2/h5-8,14-15,17H,4,9-12H2,1-3H3. The van der Waals surface area contributed by atoms with Crippen LogP contribution in [-0.2, 0) is 0 Å². The van der Waals surface area contributed by atoms with Crippen LogP contribution in [0.25, 0.3) is 0 Å². The minimum Gasteiger partial charge on any atom is -0.371 e. The Hall–Kier alpha value is -1.02. The molecule has 2 heteroatoms. The number of benzene rings is 1. The van der Waals surface area contributed by atoms with Crippen molar-refractivity contribution >= 4 is 5.69 Å². The van der Waals surface area contributed by atoms with Crippen LogP contribution in [0.2, 0.25) is 0 Å². The van der Waals surface area contributed by atoms with Crippen molar-refractivity contribution in [2.75, 3.05) is 18.5 Å². The zero-order chi connectivity index (χ0) is 13.0. The van der Waals surface area contributed by atoms with Crippen molar-refractivity contribution < 1.29 is 0 Å². The fraction of sp³-hybridized carbons (Fsp3) is 0.625. The second-order valence-corrected chi connectivity index (χ2v) is 5.46.